The summed E-state index contributed by atoms with van der Waals surface area (Å²) < 4.78 is 5.41. The summed E-state index contributed by atoms with van der Waals surface area (Å²) in [6, 6.07) is 3.03. The molecule has 1 heterocycles. The summed E-state index contributed by atoms with van der Waals surface area (Å²) in [6.45, 7) is 1.69. The van der Waals surface area contributed by atoms with Gasteiger partial charge in [-0.1, -0.05) is 0 Å². The Labute approximate surface area is 110 Å². The summed E-state index contributed by atoms with van der Waals surface area (Å²) in [6.07, 6.45) is 3.77. The highest BCUT2D eigenvalue weighted by molar-refractivity contribution is 5.58. The average molecular weight is 262 g/mol. The van der Waals surface area contributed by atoms with Gasteiger partial charge in [0.1, 0.15) is 6.07 Å². The predicted molar refractivity (Wildman–Crippen MR) is 67.6 cm³/mol. The quantitative estimate of drug-likeness (QED) is 0.456. The molecular formula is C12H14N4O3. The molecule has 7 nitrogen and oxygen atoms in total. The lowest BCUT2D eigenvalue weighted by atomic mass is 10.3. The van der Waals surface area contributed by atoms with Crippen LogP contribution in [0.2, 0.25) is 0 Å². The van der Waals surface area contributed by atoms with Crippen LogP contribution < -0.4 is 5.32 Å². The Bertz CT molecular complexity index is 508. The minimum Gasteiger partial charge on any atom is -0.379 e. The fourth-order valence-corrected chi connectivity index (χ4v) is 1.57. The van der Waals surface area contributed by atoms with Crippen molar-refractivity contribution < 1.29 is 9.66 Å². The summed E-state index contributed by atoms with van der Waals surface area (Å²) >= 11 is 0. The molecule has 0 amide bonds. The molecule has 1 aliphatic carbocycles. The fourth-order valence-electron chi connectivity index (χ4n) is 1.57. The van der Waals surface area contributed by atoms with Gasteiger partial charge < -0.3 is 10.1 Å². The highest BCUT2D eigenvalue weighted by Gasteiger charge is 2.21. The number of anilines is 1. The number of hydrogen-bond donors (Lipinski definition) is 1. The minimum atomic E-state index is -0.554. The van der Waals surface area contributed by atoms with Crippen molar-refractivity contribution in [3.8, 4) is 6.07 Å². The second-order valence-electron chi connectivity index (χ2n) is 4.41. The molecule has 1 saturated carbocycles. The number of nitro groups is 1. The van der Waals surface area contributed by atoms with Crippen LogP contribution in [-0.4, -0.2) is 29.7 Å². The van der Waals surface area contributed by atoms with Crippen molar-refractivity contribution >= 4 is 11.5 Å². The largest absolute Gasteiger partial charge is 0.379 e. The van der Waals surface area contributed by atoms with Gasteiger partial charge >= 0.3 is 5.69 Å². The molecule has 2 rings (SSSR count). The molecule has 0 spiro atoms. The number of rotatable bonds is 7. The second-order valence-corrected chi connectivity index (χ2v) is 4.41. The highest BCUT2D eigenvalue weighted by Crippen LogP contribution is 2.28. The van der Waals surface area contributed by atoms with E-state index in [2.05, 4.69) is 10.3 Å². The van der Waals surface area contributed by atoms with Gasteiger partial charge in [0.2, 0.25) is 5.82 Å². The van der Waals surface area contributed by atoms with E-state index < -0.39 is 4.92 Å². The smallest absolute Gasteiger partial charge is 0.312 e. The van der Waals surface area contributed by atoms with Crippen LogP contribution in [0.1, 0.15) is 18.4 Å². The predicted octanol–water partition coefficient (Wildman–Crippen LogP) is 1.70. The summed E-state index contributed by atoms with van der Waals surface area (Å²) in [7, 11) is 0. The van der Waals surface area contributed by atoms with Crippen molar-refractivity contribution in [3.05, 3.63) is 27.9 Å². The van der Waals surface area contributed by atoms with Gasteiger partial charge in [-0.25, -0.2) is 4.98 Å². The van der Waals surface area contributed by atoms with Crippen LogP contribution in [0.4, 0.5) is 11.5 Å². The van der Waals surface area contributed by atoms with Gasteiger partial charge in [-0.15, -0.1) is 0 Å². The van der Waals surface area contributed by atoms with Crippen LogP contribution in [0, 0.1) is 27.4 Å². The minimum absolute atomic E-state index is 0.166. The Morgan fingerprint density at radius 3 is 3.05 bits per heavy atom. The van der Waals surface area contributed by atoms with Crippen molar-refractivity contribution in [1.29, 1.82) is 5.26 Å². The molecule has 0 bridgehead atoms. The van der Waals surface area contributed by atoms with E-state index in [1.165, 1.54) is 25.1 Å². The SMILES string of the molecule is N#Cc1cnc(NCCOCC2CC2)c([N+](=O)[O-])c1. The van der Waals surface area contributed by atoms with Crippen molar-refractivity contribution in [2.75, 3.05) is 25.1 Å². The number of ether oxygens (including phenoxy) is 1. The molecule has 7 heteroatoms. The molecule has 100 valence electrons. The molecule has 1 N–H and O–H groups in total. The van der Waals surface area contributed by atoms with Gasteiger partial charge in [-0.2, -0.15) is 5.26 Å². The van der Waals surface area contributed by atoms with Gasteiger partial charge in [-0.3, -0.25) is 10.1 Å². The molecule has 0 unspecified atom stereocenters. The van der Waals surface area contributed by atoms with E-state index >= 15 is 0 Å². The third-order valence-corrected chi connectivity index (χ3v) is 2.78. The van der Waals surface area contributed by atoms with E-state index in [1.807, 2.05) is 6.07 Å². The molecular weight excluding hydrogens is 248 g/mol. The maximum absolute atomic E-state index is 10.9. The maximum Gasteiger partial charge on any atom is 0.312 e. The lowest BCUT2D eigenvalue weighted by Crippen LogP contribution is -2.12. The van der Waals surface area contributed by atoms with Crippen LogP contribution >= 0.6 is 0 Å². The number of nitriles is 1. The third kappa shape index (κ3) is 3.89. The van der Waals surface area contributed by atoms with Crippen LogP contribution in [0.15, 0.2) is 12.3 Å². The molecule has 0 radical (unpaired) electrons. The molecule has 0 aromatic carbocycles. The molecule has 1 aliphatic rings. The van der Waals surface area contributed by atoms with E-state index in [0.717, 1.165) is 6.61 Å². The van der Waals surface area contributed by atoms with Gasteiger partial charge in [0, 0.05) is 25.4 Å². The monoisotopic (exact) mass is 262 g/mol. The zero-order valence-electron chi connectivity index (χ0n) is 10.3. The topological polar surface area (TPSA) is 101 Å². The Balaban J connectivity index is 1.87. The van der Waals surface area contributed by atoms with Crippen molar-refractivity contribution in [2.45, 2.75) is 12.8 Å². The van der Waals surface area contributed by atoms with Crippen LogP contribution in [0.5, 0.6) is 0 Å². The molecule has 0 aliphatic heterocycles. The lowest BCUT2D eigenvalue weighted by Gasteiger charge is -2.06. The van der Waals surface area contributed by atoms with E-state index in [-0.39, 0.29) is 17.1 Å². The molecule has 1 fully saturated rings. The first-order valence-corrected chi connectivity index (χ1v) is 6.07. The van der Waals surface area contributed by atoms with Crippen molar-refractivity contribution in [2.24, 2.45) is 5.92 Å². The van der Waals surface area contributed by atoms with Crippen molar-refractivity contribution in [1.82, 2.24) is 4.98 Å². The van der Waals surface area contributed by atoms with Gasteiger partial charge in [0.05, 0.1) is 17.1 Å². The van der Waals surface area contributed by atoms with Gasteiger partial charge in [0.15, 0.2) is 0 Å². The number of hydrogen-bond acceptors (Lipinski definition) is 6. The molecule has 19 heavy (non-hydrogen) atoms. The molecule has 1 aromatic heterocycles. The zero-order valence-corrected chi connectivity index (χ0v) is 10.3. The van der Waals surface area contributed by atoms with E-state index in [4.69, 9.17) is 10.00 Å². The van der Waals surface area contributed by atoms with Crippen LogP contribution in [0.25, 0.3) is 0 Å². The van der Waals surface area contributed by atoms with Crippen LogP contribution in [-0.2, 0) is 4.74 Å². The third-order valence-electron chi connectivity index (χ3n) is 2.78. The van der Waals surface area contributed by atoms with Crippen molar-refractivity contribution in [3.63, 3.8) is 0 Å². The number of pyridine rings is 1. The standard InChI is InChI=1S/C12H14N4O3/c13-6-10-5-11(16(17)18)12(15-7-10)14-3-4-19-8-9-1-2-9/h5,7,9H,1-4,8H2,(H,14,15). The summed E-state index contributed by atoms with van der Waals surface area (Å²) in [5, 5.41) is 22.4. The van der Waals surface area contributed by atoms with Gasteiger partial charge in [0.25, 0.3) is 0 Å². The number of nitrogens with one attached hydrogen (secondary N) is 1. The molecule has 0 atom stereocenters. The van der Waals surface area contributed by atoms with E-state index in [1.54, 1.807) is 0 Å². The summed E-state index contributed by atoms with van der Waals surface area (Å²) in [4.78, 5) is 14.2. The highest BCUT2D eigenvalue weighted by atomic mass is 16.6. The molecule has 1 aromatic rings. The van der Waals surface area contributed by atoms with Gasteiger partial charge in [-0.05, 0) is 18.8 Å². The normalized spacial score (nSPS) is 13.8. The number of aromatic nitrogens is 1. The summed E-state index contributed by atoms with van der Waals surface area (Å²) in [5.74, 6) is 0.862. The van der Waals surface area contributed by atoms with E-state index in [0.29, 0.717) is 19.1 Å². The second kappa shape index (κ2) is 6.11. The first-order chi connectivity index (χ1) is 9.20. The summed E-state index contributed by atoms with van der Waals surface area (Å²) in [5.41, 5.74) is -0.0246. The van der Waals surface area contributed by atoms with Crippen LogP contribution in [0.3, 0.4) is 0 Å². The van der Waals surface area contributed by atoms with E-state index in [9.17, 15) is 10.1 Å². The Kier molecular flexibility index (Phi) is 4.26. The zero-order chi connectivity index (χ0) is 13.7. The Morgan fingerprint density at radius 1 is 1.63 bits per heavy atom. The average Bonchev–Trinajstić information content (AvgIpc) is 3.22. The lowest BCUT2D eigenvalue weighted by molar-refractivity contribution is -0.384. The Hall–Kier alpha value is -2.20. The fraction of sp³-hybridized carbons (Fsp3) is 0.500. The Morgan fingerprint density at radius 2 is 2.42 bits per heavy atom. The first kappa shape index (κ1) is 13.2. The first-order valence-electron chi connectivity index (χ1n) is 6.07. The maximum atomic E-state index is 10.9. The molecule has 0 saturated heterocycles. The number of nitrogens with zero attached hydrogens (tertiary/aromatic N) is 3.